The smallest absolute Gasteiger partial charge is 0.282 e. The van der Waals surface area contributed by atoms with Crippen molar-refractivity contribution in [3.63, 3.8) is 0 Å². The number of hydrogen-bond acceptors (Lipinski definition) is 5. The van der Waals surface area contributed by atoms with Crippen molar-refractivity contribution in [2.24, 2.45) is 7.05 Å². The van der Waals surface area contributed by atoms with Crippen molar-refractivity contribution in [2.75, 3.05) is 5.32 Å². The SMILES string of the molecule is Cn1ncc(NCc2ccc([N+](=O)[O-])cc2)c(Br)c1=O. The van der Waals surface area contributed by atoms with Gasteiger partial charge in [0.15, 0.2) is 0 Å². The molecule has 0 unspecified atom stereocenters. The van der Waals surface area contributed by atoms with Crippen LogP contribution in [0.1, 0.15) is 5.56 Å². The van der Waals surface area contributed by atoms with E-state index in [-0.39, 0.29) is 11.2 Å². The molecule has 2 rings (SSSR count). The minimum atomic E-state index is -0.446. The first kappa shape index (κ1) is 14.2. The van der Waals surface area contributed by atoms with E-state index in [4.69, 9.17) is 0 Å². The van der Waals surface area contributed by atoms with E-state index in [1.807, 2.05) is 0 Å². The number of nitro benzene ring substituents is 1. The normalized spacial score (nSPS) is 10.3. The van der Waals surface area contributed by atoms with Gasteiger partial charge in [-0.1, -0.05) is 12.1 Å². The maximum atomic E-state index is 11.7. The van der Waals surface area contributed by atoms with Crippen molar-refractivity contribution < 1.29 is 4.92 Å². The van der Waals surface area contributed by atoms with Crippen molar-refractivity contribution in [3.05, 3.63) is 61.0 Å². The van der Waals surface area contributed by atoms with Crippen molar-refractivity contribution in [3.8, 4) is 0 Å². The first-order valence-corrected chi connectivity index (χ1v) is 6.47. The van der Waals surface area contributed by atoms with E-state index in [2.05, 4.69) is 26.3 Å². The van der Waals surface area contributed by atoms with E-state index in [0.717, 1.165) is 5.56 Å². The van der Waals surface area contributed by atoms with Gasteiger partial charge in [0, 0.05) is 25.7 Å². The van der Waals surface area contributed by atoms with Gasteiger partial charge in [0.05, 0.1) is 16.8 Å². The number of aryl methyl sites for hydroxylation is 1. The maximum Gasteiger partial charge on any atom is 0.282 e. The highest BCUT2D eigenvalue weighted by Crippen LogP contribution is 2.18. The fraction of sp³-hybridized carbons (Fsp3) is 0.167. The van der Waals surface area contributed by atoms with Gasteiger partial charge >= 0.3 is 0 Å². The second-order valence-electron chi connectivity index (χ2n) is 4.08. The Morgan fingerprint density at radius 3 is 2.65 bits per heavy atom. The third-order valence-electron chi connectivity index (χ3n) is 2.71. The number of nitro groups is 1. The third kappa shape index (κ3) is 3.02. The molecule has 0 bridgehead atoms. The summed E-state index contributed by atoms with van der Waals surface area (Å²) in [5.74, 6) is 0. The molecule has 0 saturated heterocycles. The van der Waals surface area contributed by atoms with E-state index in [1.165, 1.54) is 23.0 Å². The van der Waals surface area contributed by atoms with Crippen LogP contribution in [0.5, 0.6) is 0 Å². The summed E-state index contributed by atoms with van der Waals surface area (Å²) in [6, 6.07) is 6.20. The molecule has 0 radical (unpaired) electrons. The molecular formula is C12H11BrN4O3. The molecule has 8 heteroatoms. The molecule has 20 heavy (non-hydrogen) atoms. The van der Waals surface area contributed by atoms with E-state index < -0.39 is 4.92 Å². The Hall–Kier alpha value is -2.22. The number of benzene rings is 1. The molecule has 0 amide bonds. The lowest BCUT2D eigenvalue weighted by atomic mass is 10.2. The van der Waals surface area contributed by atoms with E-state index >= 15 is 0 Å². The summed E-state index contributed by atoms with van der Waals surface area (Å²) >= 11 is 3.21. The number of hydrogen-bond donors (Lipinski definition) is 1. The Labute approximate surface area is 122 Å². The van der Waals surface area contributed by atoms with Crippen LogP contribution in [-0.2, 0) is 13.6 Å². The van der Waals surface area contributed by atoms with Gasteiger partial charge in [0.25, 0.3) is 11.2 Å². The fourth-order valence-electron chi connectivity index (χ4n) is 1.57. The van der Waals surface area contributed by atoms with Gasteiger partial charge in [-0.05, 0) is 21.5 Å². The molecule has 1 aromatic carbocycles. The topological polar surface area (TPSA) is 90.1 Å². The zero-order chi connectivity index (χ0) is 14.7. The second-order valence-corrected chi connectivity index (χ2v) is 4.87. The summed E-state index contributed by atoms with van der Waals surface area (Å²) in [4.78, 5) is 21.8. The Balaban J connectivity index is 2.11. The summed E-state index contributed by atoms with van der Waals surface area (Å²) < 4.78 is 1.62. The molecule has 0 saturated carbocycles. The largest absolute Gasteiger partial charge is 0.379 e. The number of nitrogens with zero attached hydrogens (tertiary/aromatic N) is 3. The lowest BCUT2D eigenvalue weighted by Gasteiger charge is -2.08. The summed E-state index contributed by atoms with van der Waals surface area (Å²) in [7, 11) is 1.56. The molecule has 0 aliphatic rings. The summed E-state index contributed by atoms with van der Waals surface area (Å²) in [6.45, 7) is 0.436. The van der Waals surface area contributed by atoms with Crippen molar-refractivity contribution in [2.45, 2.75) is 6.54 Å². The zero-order valence-corrected chi connectivity index (χ0v) is 12.1. The molecule has 1 heterocycles. The van der Waals surface area contributed by atoms with Crippen LogP contribution in [0.2, 0.25) is 0 Å². The highest BCUT2D eigenvalue weighted by Gasteiger charge is 2.07. The van der Waals surface area contributed by atoms with Gasteiger partial charge in [-0.15, -0.1) is 0 Å². The first-order chi connectivity index (χ1) is 9.49. The predicted molar refractivity (Wildman–Crippen MR) is 77.6 cm³/mol. The molecule has 0 spiro atoms. The van der Waals surface area contributed by atoms with Crippen molar-refractivity contribution in [1.82, 2.24) is 9.78 Å². The van der Waals surface area contributed by atoms with E-state index in [0.29, 0.717) is 16.7 Å². The second kappa shape index (κ2) is 5.83. The standard InChI is InChI=1S/C12H11BrN4O3/c1-16-12(18)11(13)10(7-15-16)14-6-8-2-4-9(5-3-8)17(19)20/h2-5,7,14H,6H2,1H3. The molecule has 0 atom stereocenters. The Bertz CT molecular complexity index is 697. The Kier molecular flexibility index (Phi) is 4.14. The Morgan fingerprint density at radius 2 is 2.05 bits per heavy atom. The van der Waals surface area contributed by atoms with E-state index in [1.54, 1.807) is 19.2 Å². The minimum absolute atomic E-state index is 0.0465. The van der Waals surface area contributed by atoms with Crippen LogP contribution in [0.4, 0.5) is 11.4 Å². The van der Waals surface area contributed by atoms with Crippen LogP contribution in [0.3, 0.4) is 0 Å². The van der Waals surface area contributed by atoms with Crippen LogP contribution in [0, 0.1) is 10.1 Å². The number of rotatable bonds is 4. The van der Waals surface area contributed by atoms with Gasteiger partial charge < -0.3 is 5.32 Å². The first-order valence-electron chi connectivity index (χ1n) is 5.68. The number of halogens is 1. The fourth-order valence-corrected chi connectivity index (χ4v) is 2.07. The third-order valence-corrected chi connectivity index (χ3v) is 3.47. The number of anilines is 1. The maximum absolute atomic E-state index is 11.7. The Morgan fingerprint density at radius 1 is 1.40 bits per heavy atom. The number of nitrogens with one attached hydrogen (secondary N) is 1. The molecular weight excluding hydrogens is 328 g/mol. The summed E-state index contributed by atoms with van der Waals surface area (Å²) in [5, 5.41) is 17.5. The lowest BCUT2D eigenvalue weighted by molar-refractivity contribution is -0.384. The van der Waals surface area contributed by atoms with Crippen molar-refractivity contribution >= 4 is 27.3 Å². The molecule has 104 valence electrons. The quantitative estimate of drug-likeness (QED) is 0.680. The molecule has 2 aromatic rings. The molecule has 0 aliphatic carbocycles. The highest BCUT2D eigenvalue weighted by atomic mass is 79.9. The van der Waals surface area contributed by atoms with Gasteiger partial charge in [0.2, 0.25) is 0 Å². The molecule has 0 aliphatic heterocycles. The van der Waals surface area contributed by atoms with Gasteiger partial charge in [-0.2, -0.15) is 5.10 Å². The van der Waals surface area contributed by atoms with Crippen molar-refractivity contribution in [1.29, 1.82) is 0 Å². The van der Waals surface area contributed by atoms with Crippen LogP contribution in [0.25, 0.3) is 0 Å². The average molecular weight is 339 g/mol. The van der Waals surface area contributed by atoms with Gasteiger partial charge in [-0.25, -0.2) is 4.68 Å². The zero-order valence-electron chi connectivity index (χ0n) is 10.5. The lowest BCUT2D eigenvalue weighted by Crippen LogP contribution is -2.21. The monoisotopic (exact) mass is 338 g/mol. The molecule has 0 fully saturated rings. The summed E-state index contributed by atoms with van der Waals surface area (Å²) in [6.07, 6.45) is 1.54. The van der Waals surface area contributed by atoms with Crippen LogP contribution >= 0.6 is 15.9 Å². The minimum Gasteiger partial charge on any atom is -0.379 e. The molecule has 7 nitrogen and oxygen atoms in total. The highest BCUT2D eigenvalue weighted by molar-refractivity contribution is 9.10. The van der Waals surface area contributed by atoms with Crippen LogP contribution < -0.4 is 10.9 Å². The number of aromatic nitrogens is 2. The summed E-state index contributed by atoms with van der Waals surface area (Å²) in [5.41, 5.74) is 1.25. The van der Waals surface area contributed by atoms with Gasteiger partial charge in [0.1, 0.15) is 4.47 Å². The predicted octanol–water partition coefficient (Wildman–Crippen LogP) is 2.06. The van der Waals surface area contributed by atoms with Crippen LogP contribution in [-0.4, -0.2) is 14.7 Å². The van der Waals surface area contributed by atoms with Gasteiger partial charge in [-0.3, -0.25) is 14.9 Å². The average Bonchev–Trinajstić information content (AvgIpc) is 2.44. The van der Waals surface area contributed by atoms with Crippen LogP contribution in [0.15, 0.2) is 39.7 Å². The van der Waals surface area contributed by atoms with E-state index in [9.17, 15) is 14.9 Å². The number of non-ortho nitro benzene ring substituents is 1. The molecule has 1 N–H and O–H groups in total. The molecule has 1 aromatic heterocycles.